The number of likely N-dealkylation sites (tertiary alicyclic amines) is 1. The summed E-state index contributed by atoms with van der Waals surface area (Å²) in [7, 11) is 1.63. The number of methoxy groups -OCH3 is 1. The average molecular weight is 370 g/mol. The zero-order valence-electron chi connectivity index (χ0n) is 15.9. The lowest BCUT2D eigenvalue weighted by atomic mass is 10.1. The Kier molecular flexibility index (Phi) is 6.11. The molecule has 2 amide bonds. The number of benzene rings is 1. The fourth-order valence-corrected chi connectivity index (χ4v) is 3.34. The molecule has 7 nitrogen and oxygen atoms in total. The van der Waals surface area contributed by atoms with Crippen LogP contribution in [0.15, 0.2) is 30.3 Å². The Hall–Kier alpha value is -2.83. The first-order chi connectivity index (χ1) is 13.1. The van der Waals surface area contributed by atoms with Crippen LogP contribution >= 0.6 is 0 Å². The second kappa shape index (κ2) is 8.70. The third kappa shape index (κ3) is 4.30. The molecule has 0 aliphatic carbocycles. The van der Waals surface area contributed by atoms with Crippen LogP contribution in [0.1, 0.15) is 36.7 Å². The average Bonchev–Trinajstić information content (AvgIpc) is 3.31. The highest BCUT2D eigenvalue weighted by atomic mass is 16.5. The van der Waals surface area contributed by atoms with Gasteiger partial charge in [0.15, 0.2) is 5.69 Å². The van der Waals surface area contributed by atoms with Crippen LogP contribution in [-0.4, -0.2) is 53.2 Å². The SMILES string of the molecule is CCn1nc(C(=O)NCCCN2CCCC2=O)cc1-c1ccccc1OC. The molecule has 1 aromatic carbocycles. The number of carbonyl (C=O) groups excluding carboxylic acids is 2. The number of aromatic nitrogens is 2. The molecule has 1 aromatic heterocycles. The summed E-state index contributed by atoms with van der Waals surface area (Å²) in [5.74, 6) is 0.755. The van der Waals surface area contributed by atoms with Crippen molar-refractivity contribution in [2.75, 3.05) is 26.7 Å². The van der Waals surface area contributed by atoms with Gasteiger partial charge in [-0.2, -0.15) is 5.10 Å². The van der Waals surface area contributed by atoms with Gasteiger partial charge in [-0.05, 0) is 38.0 Å². The minimum Gasteiger partial charge on any atom is -0.496 e. The molecule has 1 N–H and O–H groups in total. The standard InChI is InChI=1S/C20H26N4O3/c1-3-24-17(15-8-4-5-9-18(15)27-2)14-16(22-24)20(26)21-11-7-13-23-12-6-10-19(23)25/h4-5,8-9,14H,3,6-7,10-13H2,1-2H3,(H,21,26). The molecule has 0 radical (unpaired) electrons. The van der Waals surface area contributed by atoms with Gasteiger partial charge in [-0.3, -0.25) is 14.3 Å². The number of nitrogens with zero attached hydrogens (tertiary/aromatic N) is 3. The Morgan fingerprint density at radius 2 is 2.15 bits per heavy atom. The molecular formula is C20H26N4O3. The van der Waals surface area contributed by atoms with Crippen molar-refractivity contribution in [1.29, 1.82) is 0 Å². The van der Waals surface area contributed by atoms with Crippen LogP contribution < -0.4 is 10.1 Å². The van der Waals surface area contributed by atoms with Crippen molar-refractivity contribution in [3.63, 3.8) is 0 Å². The van der Waals surface area contributed by atoms with Gasteiger partial charge in [-0.15, -0.1) is 0 Å². The van der Waals surface area contributed by atoms with Crippen molar-refractivity contribution in [1.82, 2.24) is 20.0 Å². The highest BCUT2D eigenvalue weighted by Gasteiger charge is 2.20. The predicted octanol–water partition coefficient (Wildman–Crippen LogP) is 2.32. The fraction of sp³-hybridized carbons (Fsp3) is 0.450. The number of hydrogen-bond donors (Lipinski definition) is 1. The molecule has 0 saturated carbocycles. The number of carbonyl (C=O) groups is 2. The third-order valence-electron chi connectivity index (χ3n) is 4.76. The Labute approximate surface area is 159 Å². The molecular weight excluding hydrogens is 344 g/mol. The smallest absolute Gasteiger partial charge is 0.271 e. The van der Waals surface area contributed by atoms with Gasteiger partial charge in [0, 0.05) is 38.2 Å². The normalized spacial score (nSPS) is 13.9. The van der Waals surface area contributed by atoms with Crippen LogP contribution in [-0.2, 0) is 11.3 Å². The lowest BCUT2D eigenvalue weighted by molar-refractivity contribution is -0.127. The molecule has 1 aliphatic heterocycles. The van der Waals surface area contributed by atoms with Gasteiger partial charge in [-0.1, -0.05) is 12.1 Å². The fourth-order valence-electron chi connectivity index (χ4n) is 3.34. The van der Waals surface area contributed by atoms with E-state index in [2.05, 4.69) is 10.4 Å². The maximum absolute atomic E-state index is 12.5. The first-order valence-corrected chi connectivity index (χ1v) is 9.41. The number of rotatable bonds is 8. The van der Waals surface area contributed by atoms with Gasteiger partial charge in [0.25, 0.3) is 5.91 Å². The van der Waals surface area contributed by atoms with Crippen LogP contribution in [0, 0.1) is 0 Å². The monoisotopic (exact) mass is 370 g/mol. The van der Waals surface area contributed by atoms with E-state index >= 15 is 0 Å². The first-order valence-electron chi connectivity index (χ1n) is 9.41. The van der Waals surface area contributed by atoms with Crippen LogP contribution in [0.5, 0.6) is 5.75 Å². The zero-order chi connectivity index (χ0) is 19.2. The topological polar surface area (TPSA) is 76.5 Å². The van der Waals surface area contributed by atoms with E-state index in [9.17, 15) is 9.59 Å². The summed E-state index contributed by atoms with van der Waals surface area (Å²) in [4.78, 5) is 25.9. The quantitative estimate of drug-likeness (QED) is 0.724. The summed E-state index contributed by atoms with van der Waals surface area (Å²) in [5, 5.41) is 7.33. The number of hydrogen-bond acceptors (Lipinski definition) is 4. The summed E-state index contributed by atoms with van der Waals surface area (Å²) in [5.41, 5.74) is 2.14. The van der Waals surface area contributed by atoms with Gasteiger partial charge in [0.05, 0.1) is 12.8 Å². The lowest BCUT2D eigenvalue weighted by Gasteiger charge is -2.14. The minimum atomic E-state index is -0.203. The molecule has 0 spiro atoms. The highest BCUT2D eigenvalue weighted by Crippen LogP contribution is 2.30. The van der Waals surface area contributed by atoms with Gasteiger partial charge < -0.3 is 15.0 Å². The Balaban J connectivity index is 1.63. The zero-order valence-corrected chi connectivity index (χ0v) is 15.9. The summed E-state index contributed by atoms with van der Waals surface area (Å²) in [6.07, 6.45) is 2.32. The van der Waals surface area contributed by atoms with Crippen LogP contribution in [0.4, 0.5) is 0 Å². The molecule has 1 fully saturated rings. The van der Waals surface area contributed by atoms with Crippen LogP contribution in [0.2, 0.25) is 0 Å². The first kappa shape index (κ1) is 18.9. The van der Waals surface area contributed by atoms with Crippen molar-refractivity contribution >= 4 is 11.8 Å². The van der Waals surface area contributed by atoms with E-state index in [1.807, 2.05) is 36.1 Å². The summed E-state index contributed by atoms with van der Waals surface area (Å²) >= 11 is 0. The number of para-hydroxylation sites is 1. The second-order valence-corrected chi connectivity index (χ2v) is 6.52. The molecule has 1 aliphatic rings. The maximum atomic E-state index is 12.5. The molecule has 7 heteroatoms. The highest BCUT2D eigenvalue weighted by molar-refractivity contribution is 5.93. The van der Waals surface area contributed by atoms with E-state index in [4.69, 9.17) is 4.74 Å². The van der Waals surface area contributed by atoms with Crippen molar-refractivity contribution in [3.05, 3.63) is 36.0 Å². The van der Waals surface area contributed by atoms with Gasteiger partial charge in [0.2, 0.25) is 5.91 Å². The molecule has 27 heavy (non-hydrogen) atoms. The molecule has 3 rings (SSSR count). The third-order valence-corrected chi connectivity index (χ3v) is 4.76. The van der Waals surface area contributed by atoms with Gasteiger partial charge in [-0.25, -0.2) is 0 Å². The van der Waals surface area contributed by atoms with Crippen molar-refractivity contribution in [2.45, 2.75) is 32.7 Å². The Bertz CT molecular complexity index is 815. The van der Waals surface area contributed by atoms with Gasteiger partial charge >= 0.3 is 0 Å². The summed E-state index contributed by atoms with van der Waals surface area (Å²) in [6.45, 7) is 4.68. The molecule has 2 aromatic rings. The Morgan fingerprint density at radius 1 is 1.33 bits per heavy atom. The van der Waals surface area contributed by atoms with Crippen molar-refractivity contribution in [3.8, 4) is 17.0 Å². The minimum absolute atomic E-state index is 0.203. The van der Waals surface area contributed by atoms with E-state index < -0.39 is 0 Å². The molecule has 1 saturated heterocycles. The van der Waals surface area contributed by atoms with E-state index in [-0.39, 0.29) is 11.8 Å². The second-order valence-electron chi connectivity index (χ2n) is 6.52. The van der Waals surface area contributed by atoms with E-state index in [0.717, 1.165) is 36.4 Å². The molecule has 144 valence electrons. The van der Waals surface area contributed by atoms with E-state index in [1.165, 1.54) is 0 Å². The molecule has 0 bridgehead atoms. The van der Waals surface area contributed by atoms with Gasteiger partial charge in [0.1, 0.15) is 5.75 Å². The largest absolute Gasteiger partial charge is 0.496 e. The number of aryl methyl sites for hydroxylation is 1. The van der Waals surface area contributed by atoms with Crippen LogP contribution in [0.3, 0.4) is 0 Å². The lowest BCUT2D eigenvalue weighted by Crippen LogP contribution is -2.30. The number of nitrogens with one attached hydrogen (secondary N) is 1. The van der Waals surface area contributed by atoms with Crippen LogP contribution in [0.25, 0.3) is 11.3 Å². The molecule has 2 heterocycles. The van der Waals surface area contributed by atoms with E-state index in [0.29, 0.717) is 31.7 Å². The summed E-state index contributed by atoms with van der Waals surface area (Å²) < 4.78 is 7.23. The van der Waals surface area contributed by atoms with Crippen molar-refractivity contribution < 1.29 is 14.3 Å². The molecule has 0 atom stereocenters. The Morgan fingerprint density at radius 3 is 2.85 bits per heavy atom. The number of ether oxygens (including phenoxy) is 1. The number of amides is 2. The predicted molar refractivity (Wildman–Crippen MR) is 103 cm³/mol. The molecule has 0 unspecified atom stereocenters. The maximum Gasteiger partial charge on any atom is 0.271 e. The van der Waals surface area contributed by atoms with E-state index in [1.54, 1.807) is 17.9 Å². The summed E-state index contributed by atoms with van der Waals surface area (Å²) in [6, 6.07) is 9.48. The van der Waals surface area contributed by atoms with Crippen molar-refractivity contribution in [2.24, 2.45) is 0 Å².